The zero-order valence-corrected chi connectivity index (χ0v) is 12.6. The van der Waals surface area contributed by atoms with Gasteiger partial charge in [-0.2, -0.15) is 0 Å². The van der Waals surface area contributed by atoms with Gasteiger partial charge in [-0.3, -0.25) is 4.90 Å². The Bertz CT molecular complexity index is 209. The molecule has 5 nitrogen and oxygen atoms in total. The van der Waals surface area contributed by atoms with Gasteiger partial charge in [-0.15, -0.1) is 0 Å². The first-order valence-electron chi connectivity index (χ1n) is 7.44. The molecule has 0 spiro atoms. The van der Waals surface area contributed by atoms with Crippen LogP contribution in [0.2, 0.25) is 0 Å². The van der Waals surface area contributed by atoms with Gasteiger partial charge in [0.25, 0.3) is 0 Å². The minimum Gasteiger partial charge on any atom is -0.385 e. The average molecular weight is 273 g/mol. The molecule has 1 heterocycles. The Hall–Kier alpha value is -0.200. The Morgan fingerprint density at radius 2 is 1.74 bits per heavy atom. The van der Waals surface area contributed by atoms with Crippen LogP contribution < -0.4 is 5.73 Å². The van der Waals surface area contributed by atoms with Crippen LogP contribution in [-0.4, -0.2) is 82.5 Å². The van der Waals surface area contributed by atoms with E-state index in [1.165, 1.54) is 0 Å². The SMILES string of the molecule is COCCCN(CCOC)CCN1CCC(N)CC1. The van der Waals surface area contributed by atoms with Crippen molar-refractivity contribution in [2.24, 2.45) is 5.73 Å². The molecule has 0 aromatic heterocycles. The summed E-state index contributed by atoms with van der Waals surface area (Å²) in [6, 6.07) is 0.419. The van der Waals surface area contributed by atoms with Crippen LogP contribution in [-0.2, 0) is 9.47 Å². The second-order valence-corrected chi connectivity index (χ2v) is 5.36. The van der Waals surface area contributed by atoms with Gasteiger partial charge in [0.05, 0.1) is 6.61 Å². The van der Waals surface area contributed by atoms with Crippen LogP contribution in [0.25, 0.3) is 0 Å². The van der Waals surface area contributed by atoms with E-state index in [0.717, 1.165) is 71.7 Å². The van der Waals surface area contributed by atoms with Crippen LogP contribution in [0.15, 0.2) is 0 Å². The zero-order valence-electron chi connectivity index (χ0n) is 12.6. The number of rotatable bonds is 10. The van der Waals surface area contributed by atoms with Crippen LogP contribution in [0.5, 0.6) is 0 Å². The lowest BCUT2D eigenvalue weighted by molar-refractivity contribution is 0.117. The van der Waals surface area contributed by atoms with Crippen molar-refractivity contribution >= 4 is 0 Å². The molecule has 19 heavy (non-hydrogen) atoms. The number of methoxy groups -OCH3 is 2. The maximum Gasteiger partial charge on any atom is 0.0589 e. The van der Waals surface area contributed by atoms with Crippen molar-refractivity contribution in [1.29, 1.82) is 0 Å². The van der Waals surface area contributed by atoms with E-state index < -0.39 is 0 Å². The predicted molar refractivity (Wildman–Crippen MR) is 78.5 cm³/mol. The molecule has 0 unspecified atom stereocenters. The third kappa shape index (κ3) is 7.84. The second-order valence-electron chi connectivity index (χ2n) is 5.36. The van der Waals surface area contributed by atoms with Crippen molar-refractivity contribution in [1.82, 2.24) is 9.80 Å². The van der Waals surface area contributed by atoms with Crippen molar-refractivity contribution in [3.8, 4) is 0 Å². The molecule has 1 aliphatic rings. The summed E-state index contributed by atoms with van der Waals surface area (Å²) < 4.78 is 10.3. The fourth-order valence-corrected chi connectivity index (χ4v) is 2.45. The van der Waals surface area contributed by atoms with Gasteiger partial charge in [-0.25, -0.2) is 0 Å². The molecule has 2 N–H and O–H groups in total. The Morgan fingerprint density at radius 3 is 2.37 bits per heavy atom. The molecule has 0 aliphatic carbocycles. The highest BCUT2D eigenvalue weighted by Gasteiger charge is 2.16. The number of ether oxygens (including phenoxy) is 2. The third-order valence-electron chi connectivity index (χ3n) is 3.80. The van der Waals surface area contributed by atoms with Gasteiger partial charge in [0.2, 0.25) is 0 Å². The van der Waals surface area contributed by atoms with Crippen molar-refractivity contribution in [3.05, 3.63) is 0 Å². The monoisotopic (exact) mass is 273 g/mol. The first-order chi connectivity index (χ1) is 9.26. The van der Waals surface area contributed by atoms with Gasteiger partial charge in [-0.1, -0.05) is 0 Å². The zero-order chi connectivity index (χ0) is 13.9. The molecule has 0 atom stereocenters. The van der Waals surface area contributed by atoms with Gasteiger partial charge in [-0.05, 0) is 32.4 Å². The van der Waals surface area contributed by atoms with Gasteiger partial charge in [0.15, 0.2) is 0 Å². The number of nitrogens with two attached hydrogens (primary N) is 1. The van der Waals surface area contributed by atoms with Crippen molar-refractivity contribution in [3.63, 3.8) is 0 Å². The highest BCUT2D eigenvalue weighted by molar-refractivity contribution is 4.74. The summed E-state index contributed by atoms with van der Waals surface area (Å²) in [5, 5.41) is 0. The summed E-state index contributed by atoms with van der Waals surface area (Å²) in [5.74, 6) is 0. The maximum absolute atomic E-state index is 5.93. The van der Waals surface area contributed by atoms with Gasteiger partial charge >= 0.3 is 0 Å². The Labute approximate surface area is 118 Å². The molecule has 1 rings (SSSR count). The lowest BCUT2D eigenvalue weighted by atomic mass is 10.1. The number of hydrogen-bond acceptors (Lipinski definition) is 5. The normalized spacial score (nSPS) is 18.3. The van der Waals surface area contributed by atoms with E-state index in [-0.39, 0.29) is 0 Å². The molecule has 0 aromatic carbocycles. The van der Waals surface area contributed by atoms with Crippen LogP contribution in [0.3, 0.4) is 0 Å². The average Bonchev–Trinajstić information content (AvgIpc) is 2.43. The Morgan fingerprint density at radius 1 is 1.05 bits per heavy atom. The standard InChI is InChI=1S/C14H31N3O2/c1-18-12-3-6-16(11-13-19-2)9-10-17-7-4-14(15)5-8-17/h14H,3-13,15H2,1-2H3. The van der Waals surface area contributed by atoms with E-state index in [4.69, 9.17) is 15.2 Å². The topological polar surface area (TPSA) is 51.0 Å². The van der Waals surface area contributed by atoms with Crippen molar-refractivity contribution in [2.45, 2.75) is 25.3 Å². The molecule has 5 heteroatoms. The minimum atomic E-state index is 0.419. The first-order valence-corrected chi connectivity index (χ1v) is 7.44. The van der Waals surface area contributed by atoms with Gasteiger partial charge in [0.1, 0.15) is 0 Å². The van der Waals surface area contributed by atoms with Crippen LogP contribution in [0.4, 0.5) is 0 Å². The van der Waals surface area contributed by atoms with Gasteiger partial charge < -0.3 is 20.1 Å². The molecular weight excluding hydrogens is 242 g/mol. The number of piperidine rings is 1. The predicted octanol–water partition coefficient (Wildman–Crippen LogP) is 0.394. The minimum absolute atomic E-state index is 0.419. The van der Waals surface area contributed by atoms with Crippen LogP contribution in [0, 0.1) is 0 Å². The third-order valence-corrected chi connectivity index (χ3v) is 3.80. The number of likely N-dealkylation sites (tertiary alicyclic amines) is 1. The molecule has 0 saturated carbocycles. The highest BCUT2D eigenvalue weighted by atomic mass is 16.5. The van der Waals surface area contributed by atoms with E-state index in [1.54, 1.807) is 14.2 Å². The van der Waals surface area contributed by atoms with E-state index in [1.807, 2.05) is 0 Å². The Balaban J connectivity index is 2.18. The van der Waals surface area contributed by atoms with Crippen molar-refractivity contribution < 1.29 is 9.47 Å². The molecule has 1 aliphatic heterocycles. The lowest BCUT2D eigenvalue weighted by Gasteiger charge is -2.32. The molecule has 0 bridgehead atoms. The van der Waals surface area contributed by atoms with E-state index in [2.05, 4.69) is 9.80 Å². The molecule has 1 saturated heterocycles. The molecule has 114 valence electrons. The summed E-state index contributed by atoms with van der Waals surface area (Å²) in [6.45, 7) is 8.29. The molecule has 0 amide bonds. The molecule has 1 fully saturated rings. The highest BCUT2D eigenvalue weighted by Crippen LogP contribution is 2.07. The lowest BCUT2D eigenvalue weighted by Crippen LogP contribution is -2.43. The van der Waals surface area contributed by atoms with E-state index in [9.17, 15) is 0 Å². The van der Waals surface area contributed by atoms with Crippen LogP contribution >= 0.6 is 0 Å². The summed E-state index contributed by atoms with van der Waals surface area (Å²) in [4.78, 5) is 5.00. The quantitative estimate of drug-likeness (QED) is 0.584. The second kappa shape index (κ2) is 10.6. The van der Waals surface area contributed by atoms with Crippen LogP contribution in [0.1, 0.15) is 19.3 Å². The largest absolute Gasteiger partial charge is 0.385 e. The molecule has 0 aromatic rings. The Kier molecular flexibility index (Phi) is 9.38. The summed E-state index contributed by atoms with van der Waals surface area (Å²) in [6.07, 6.45) is 3.37. The first kappa shape index (κ1) is 16.9. The number of hydrogen-bond donors (Lipinski definition) is 1. The molecule has 0 radical (unpaired) electrons. The number of nitrogens with zero attached hydrogens (tertiary/aromatic N) is 2. The summed E-state index contributed by atoms with van der Waals surface area (Å²) in [5.41, 5.74) is 5.93. The summed E-state index contributed by atoms with van der Waals surface area (Å²) in [7, 11) is 3.52. The fraction of sp³-hybridized carbons (Fsp3) is 1.00. The van der Waals surface area contributed by atoms with E-state index >= 15 is 0 Å². The van der Waals surface area contributed by atoms with E-state index in [0.29, 0.717) is 6.04 Å². The van der Waals surface area contributed by atoms with Gasteiger partial charge in [0, 0.05) is 53.0 Å². The summed E-state index contributed by atoms with van der Waals surface area (Å²) >= 11 is 0. The maximum atomic E-state index is 5.93. The van der Waals surface area contributed by atoms with Crippen molar-refractivity contribution in [2.75, 3.05) is 66.7 Å². The fourth-order valence-electron chi connectivity index (χ4n) is 2.45. The smallest absolute Gasteiger partial charge is 0.0589 e. The molecular formula is C14H31N3O2.